The number of hydrogen-bond donors (Lipinski definition) is 1. The summed E-state index contributed by atoms with van der Waals surface area (Å²) in [5, 5.41) is 3.00. The van der Waals surface area contributed by atoms with Crippen LogP contribution in [0.4, 0.5) is 19.0 Å². The Bertz CT molecular complexity index is 416. The highest BCUT2D eigenvalue weighted by Crippen LogP contribution is 2.23. The molecule has 0 spiro atoms. The van der Waals surface area contributed by atoms with Crippen LogP contribution >= 0.6 is 0 Å². The second-order valence-electron chi connectivity index (χ2n) is 4.78. The Morgan fingerprint density at radius 1 is 1.32 bits per heavy atom. The third-order valence-corrected chi connectivity index (χ3v) is 2.82. The Labute approximate surface area is 111 Å². The average Bonchev–Trinajstić information content (AvgIpc) is 2.27. The lowest BCUT2D eigenvalue weighted by Crippen LogP contribution is -2.39. The zero-order valence-electron chi connectivity index (χ0n) is 11.7. The molecule has 0 saturated carbocycles. The number of rotatable bonds is 5. The molecule has 0 atom stereocenters. The molecule has 0 aliphatic heterocycles. The van der Waals surface area contributed by atoms with Crippen LogP contribution in [0.5, 0.6) is 0 Å². The first-order valence-electron chi connectivity index (χ1n) is 6.19. The van der Waals surface area contributed by atoms with Crippen molar-refractivity contribution in [2.75, 3.05) is 18.5 Å². The maximum absolute atomic E-state index is 12.6. The van der Waals surface area contributed by atoms with Crippen LogP contribution in [-0.4, -0.2) is 30.8 Å². The molecule has 0 aliphatic rings. The third kappa shape index (κ3) is 4.70. The molecule has 0 amide bonds. The van der Waals surface area contributed by atoms with Gasteiger partial charge in [-0.2, -0.15) is 13.2 Å². The van der Waals surface area contributed by atoms with Gasteiger partial charge in [0.2, 0.25) is 0 Å². The van der Waals surface area contributed by atoms with Gasteiger partial charge in [-0.25, -0.2) is 4.98 Å². The lowest BCUT2D eigenvalue weighted by atomic mass is 10.2. The summed E-state index contributed by atoms with van der Waals surface area (Å²) in [5.41, 5.74) is 1.74. The zero-order chi connectivity index (χ0) is 14.6. The Hall–Kier alpha value is -1.30. The molecule has 108 valence electrons. The molecular formula is C13H20F3N3. The van der Waals surface area contributed by atoms with E-state index in [1.54, 1.807) is 19.9 Å². The van der Waals surface area contributed by atoms with Crippen molar-refractivity contribution in [3.05, 3.63) is 23.4 Å². The molecule has 1 heterocycles. The van der Waals surface area contributed by atoms with Gasteiger partial charge in [0, 0.05) is 18.3 Å². The van der Waals surface area contributed by atoms with Gasteiger partial charge in [0.05, 0.1) is 0 Å². The van der Waals surface area contributed by atoms with Gasteiger partial charge in [0.15, 0.2) is 0 Å². The van der Waals surface area contributed by atoms with Crippen LogP contribution in [0.25, 0.3) is 0 Å². The van der Waals surface area contributed by atoms with Gasteiger partial charge in [-0.1, -0.05) is 6.07 Å². The number of anilines is 1. The molecule has 0 saturated heterocycles. The van der Waals surface area contributed by atoms with E-state index >= 15 is 0 Å². The molecule has 0 unspecified atom stereocenters. The van der Waals surface area contributed by atoms with E-state index in [2.05, 4.69) is 10.3 Å². The summed E-state index contributed by atoms with van der Waals surface area (Å²) < 4.78 is 37.7. The minimum absolute atomic E-state index is 0.260. The molecule has 19 heavy (non-hydrogen) atoms. The van der Waals surface area contributed by atoms with E-state index in [9.17, 15) is 13.2 Å². The van der Waals surface area contributed by atoms with Gasteiger partial charge in [-0.15, -0.1) is 0 Å². The van der Waals surface area contributed by atoms with Crippen molar-refractivity contribution in [1.82, 2.24) is 10.3 Å². The maximum Gasteiger partial charge on any atom is 0.405 e. The Morgan fingerprint density at radius 2 is 1.95 bits per heavy atom. The van der Waals surface area contributed by atoms with Crippen LogP contribution in [0.2, 0.25) is 0 Å². The van der Waals surface area contributed by atoms with E-state index in [-0.39, 0.29) is 6.04 Å². The normalized spacial score (nSPS) is 12.0. The molecule has 3 nitrogen and oxygen atoms in total. The molecule has 0 aliphatic carbocycles. The molecular weight excluding hydrogens is 255 g/mol. The molecule has 1 rings (SSSR count). The monoisotopic (exact) mass is 275 g/mol. The largest absolute Gasteiger partial charge is 0.405 e. The summed E-state index contributed by atoms with van der Waals surface area (Å²) >= 11 is 0. The van der Waals surface area contributed by atoms with Crippen molar-refractivity contribution in [2.45, 2.75) is 39.5 Å². The fraction of sp³-hybridized carbons (Fsp3) is 0.615. The molecule has 1 aromatic heterocycles. The summed E-state index contributed by atoms with van der Waals surface area (Å²) in [6, 6.07) is 3.20. The molecule has 6 heteroatoms. The van der Waals surface area contributed by atoms with E-state index in [0.29, 0.717) is 12.4 Å². The number of pyridine rings is 1. The van der Waals surface area contributed by atoms with E-state index < -0.39 is 12.7 Å². The van der Waals surface area contributed by atoms with Gasteiger partial charge >= 0.3 is 6.18 Å². The molecule has 0 fully saturated rings. The Balaban J connectivity index is 3.00. The maximum atomic E-state index is 12.6. The van der Waals surface area contributed by atoms with Gasteiger partial charge < -0.3 is 10.2 Å². The average molecular weight is 275 g/mol. The van der Waals surface area contributed by atoms with E-state index in [4.69, 9.17) is 0 Å². The fourth-order valence-electron chi connectivity index (χ4n) is 1.84. The SMILES string of the molecule is CNCc1ccc(N(CC(F)(F)F)C(C)C)nc1C. The first-order chi connectivity index (χ1) is 8.74. The van der Waals surface area contributed by atoms with E-state index in [0.717, 1.165) is 11.3 Å². The summed E-state index contributed by atoms with van der Waals surface area (Å²) in [4.78, 5) is 5.54. The topological polar surface area (TPSA) is 28.2 Å². The Kier molecular flexibility index (Phi) is 5.17. The summed E-state index contributed by atoms with van der Waals surface area (Å²) in [6.45, 7) is 4.93. The second-order valence-corrected chi connectivity index (χ2v) is 4.78. The van der Waals surface area contributed by atoms with Crippen LogP contribution < -0.4 is 10.2 Å². The molecule has 0 bridgehead atoms. The first-order valence-corrected chi connectivity index (χ1v) is 6.19. The molecule has 0 aromatic carbocycles. The van der Waals surface area contributed by atoms with Crippen LogP contribution in [-0.2, 0) is 6.54 Å². The van der Waals surface area contributed by atoms with Crippen molar-refractivity contribution in [2.24, 2.45) is 0 Å². The number of hydrogen-bond acceptors (Lipinski definition) is 3. The van der Waals surface area contributed by atoms with Crippen LogP contribution in [0.1, 0.15) is 25.1 Å². The third-order valence-electron chi connectivity index (χ3n) is 2.82. The summed E-state index contributed by atoms with van der Waals surface area (Å²) in [7, 11) is 1.82. The number of nitrogens with one attached hydrogen (secondary N) is 1. The number of aromatic nitrogens is 1. The summed E-state index contributed by atoms with van der Waals surface area (Å²) in [5.74, 6) is 0.365. The number of halogens is 3. The second kappa shape index (κ2) is 6.23. The summed E-state index contributed by atoms with van der Waals surface area (Å²) in [6.07, 6.45) is -4.23. The van der Waals surface area contributed by atoms with Gasteiger partial charge in [0.1, 0.15) is 12.4 Å². The highest BCUT2D eigenvalue weighted by molar-refractivity contribution is 5.42. The highest BCUT2D eigenvalue weighted by atomic mass is 19.4. The molecule has 1 N–H and O–H groups in total. The van der Waals surface area contributed by atoms with Crippen LogP contribution in [0.3, 0.4) is 0 Å². The first kappa shape index (κ1) is 15.8. The zero-order valence-corrected chi connectivity index (χ0v) is 11.7. The van der Waals surface area contributed by atoms with Crippen molar-refractivity contribution in [3.8, 4) is 0 Å². The van der Waals surface area contributed by atoms with Gasteiger partial charge in [-0.05, 0) is 39.4 Å². The fourth-order valence-corrected chi connectivity index (χ4v) is 1.84. The number of alkyl halides is 3. The smallest absolute Gasteiger partial charge is 0.345 e. The van der Waals surface area contributed by atoms with Crippen molar-refractivity contribution < 1.29 is 13.2 Å². The lowest BCUT2D eigenvalue weighted by Gasteiger charge is -2.29. The number of nitrogens with zero attached hydrogens (tertiary/aromatic N) is 2. The highest BCUT2D eigenvalue weighted by Gasteiger charge is 2.32. The van der Waals surface area contributed by atoms with Crippen LogP contribution in [0, 0.1) is 6.92 Å². The minimum Gasteiger partial charge on any atom is -0.345 e. The standard InChI is InChI=1S/C13H20F3N3/c1-9(2)19(8-13(14,15)16)12-6-5-11(7-17-4)10(3)18-12/h5-6,9,17H,7-8H2,1-4H3. The van der Waals surface area contributed by atoms with Crippen molar-refractivity contribution in [1.29, 1.82) is 0 Å². The number of aryl methyl sites for hydroxylation is 1. The van der Waals surface area contributed by atoms with Crippen LogP contribution in [0.15, 0.2) is 12.1 Å². The minimum atomic E-state index is -4.23. The van der Waals surface area contributed by atoms with Crippen molar-refractivity contribution in [3.63, 3.8) is 0 Å². The van der Waals surface area contributed by atoms with E-state index in [1.165, 1.54) is 4.90 Å². The van der Waals surface area contributed by atoms with Gasteiger partial charge in [-0.3, -0.25) is 0 Å². The predicted octanol–water partition coefficient (Wildman–Crippen LogP) is 2.89. The predicted molar refractivity (Wildman–Crippen MR) is 70.3 cm³/mol. The van der Waals surface area contributed by atoms with Gasteiger partial charge in [0.25, 0.3) is 0 Å². The molecule has 1 aromatic rings. The van der Waals surface area contributed by atoms with Crippen molar-refractivity contribution >= 4 is 5.82 Å². The quantitative estimate of drug-likeness (QED) is 0.895. The van der Waals surface area contributed by atoms with E-state index in [1.807, 2.05) is 20.0 Å². The Morgan fingerprint density at radius 3 is 2.37 bits per heavy atom. The molecule has 0 radical (unpaired) electrons. The lowest BCUT2D eigenvalue weighted by molar-refractivity contribution is -0.120.